The summed E-state index contributed by atoms with van der Waals surface area (Å²) in [5.41, 5.74) is 0.392. The van der Waals surface area contributed by atoms with Crippen LogP contribution in [0.25, 0.3) is 0 Å². The number of hydrogen-bond acceptors (Lipinski definition) is 3. The van der Waals surface area contributed by atoms with E-state index in [1.807, 2.05) is 0 Å². The van der Waals surface area contributed by atoms with Gasteiger partial charge < -0.3 is 4.90 Å². The summed E-state index contributed by atoms with van der Waals surface area (Å²) in [6.07, 6.45) is 3.94. The van der Waals surface area contributed by atoms with Crippen molar-refractivity contribution in [2.45, 2.75) is 12.8 Å². The highest BCUT2D eigenvalue weighted by atomic mass is 16.2. The summed E-state index contributed by atoms with van der Waals surface area (Å²) in [6.45, 7) is 0.839. The Hall–Kier alpha value is -1.39. The summed E-state index contributed by atoms with van der Waals surface area (Å²) in [6, 6.07) is 0. The SMILES string of the molecule is CN(CC1CC1)C(=O)c1cn[nH]n1. The van der Waals surface area contributed by atoms with E-state index < -0.39 is 0 Å². The summed E-state index contributed by atoms with van der Waals surface area (Å²) in [4.78, 5) is 13.3. The number of nitrogens with one attached hydrogen (secondary N) is 1. The van der Waals surface area contributed by atoms with Crippen LogP contribution >= 0.6 is 0 Å². The lowest BCUT2D eigenvalue weighted by Crippen LogP contribution is -2.28. The van der Waals surface area contributed by atoms with E-state index >= 15 is 0 Å². The third-order valence-electron chi connectivity index (χ3n) is 2.21. The van der Waals surface area contributed by atoms with Crippen molar-refractivity contribution in [2.75, 3.05) is 13.6 Å². The van der Waals surface area contributed by atoms with Crippen LogP contribution in [0.5, 0.6) is 0 Å². The minimum Gasteiger partial charge on any atom is -0.340 e. The van der Waals surface area contributed by atoms with Crippen molar-refractivity contribution in [3.05, 3.63) is 11.9 Å². The maximum Gasteiger partial charge on any atom is 0.275 e. The van der Waals surface area contributed by atoms with Crippen LogP contribution in [0.2, 0.25) is 0 Å². The van der Waals surface area contributed by atoms with Gasteiger partial charge in [0.05, 0.1) is 6.20 Å². The van der Waals surface area contributed by atoms with Crippen molar-refractivity contribution < 1.29 is 4.79 Å². The highest BCUT2D eigenvalue weighted by molar-refractivity contribution is 5.91. The molecule has 5 nitrogen and oxygen atoms in total. The van der Waals surface area contributed by atoms with Gasteiger partial charge in [-0.2, -0.15) is 15.4 Å². The molecule has 1 saturated carbocycles. The molecule has 1 amide bonds. The molecule has 1 N–H and O–H groups in total. The van der Waals surface area contributed by atoms with Crippen LogP contribution in [0.1, 0.15) is 23.3 Å². The van der Waals surface area contributed by atoms with Crippen molar-refractivity contribution in [3.63, 3.8) is 0 Å². The van der Waals surface area contributed by atoms with E-state index in [9.17, 15) is 4.79 Å². The zero-order valence-corrected chi connectivity index (χ0v) is 7.53. The summed E-state index contributed by atoms with van der Waals surface area (Å²) in [5.74, 6) is 0.654. The van der Waals surface area contributed by atoms with E-state index in [1.165, 1.54) is 19.0 Å². The van der Waals surface area contributed by atoms with E-state index in [4.69, 9.17) is 0 Å². The first-order valence-corrected chi connectivity index (χ1v) is 4.38. The van der Waals surface area contributed by atoms with Gasteiger partial charge in [-0.1, -0.05) is 0 Å². The first-order valence-electron chi connectivity index (χ1n) is 4.38. The lowest BCUT2D eigenvalue weighted by atomic mass is 10.3. The van der Waals surface area contributed by atoms with Gasteiger partial charge in [0.15, 0.2) is 5.69 Å². The Labute approximate surface area is 76.1 Å². The number of nitrogens with zero attached hydrogens (tertiary/aromatic N) is 3. The van der Waals surface area contributed by atoms with E-state index in [0.717, 1.165) is 6.54 Å². The Morgan fingerprint density at radius 1 is 1.77 bits per heavy atom. The quantitative estimate of drug-likeness (QED) is 0.727. The number of aromatic nitrogens is 3. The molecule has 1 fully saturated rings. The molecule has 1 aliphatic carbocycles. The Balaban J connectivity index is 1.95. The molecule has 1 heterocycles. The summed E-state index contributed by atoms with van der Waals surface area (Å²) in [5, 5.41) is 9.76. The predicted octanol–water partition coefficient (Wildman–Crippen LogP) is 0.287. The van der Waals surface area contributed by atoms with Crippen LogP contribution in [0, 0.1) is 5.92 Å². The standard InChI is InChI=1S/C8H12N4O/c1-12(5-6-2-3-6)8(13)7-4-9-11-10-7/h4,6H,2-3,5H2,1H3,(H,9,10,11). The molecule has 0 aromatic carbocycles. The Morgan fingerprint density at radius 3 is 3.08 bits per heavy atom. The van der Waals surface area contributed by atoms with E-state index in [1.54, 1.807) is 11.9 Å². The van der Waals surface area contributed by atoms with Crippen molar-refractivity contribution in [1.29, 1.82) is 0 Å². The highest BCUT2D eigenvalue weighted by Crippen LogP contribution is 2.29. The first-order chi connectivity index (χ1) is 6.27. The summed E-state index contributed by atoms with van der Waals surface area (Å²) in [7, 11) is 1.80. The second-order valence-electron chi connectivity index (χ2n) is 3.48. The van der Waals surface area contributed by atoms with E-state index in [-0.39, 0.29) is 5.91 Å². The van der Waals surface area contributed by atoms with Crippen LogP contribution in [0.3, 0.4) is 0 Å². The average molecular weight is 180 g/mol. The lowest BCUT2D eigenvalue weighted by Gasteiger charge is -2.14. The molecule has 1 aliphatic rings. The van der Waals surface area contributed by atoms with Crippen LogP contribution in [-0.4, -0.2) is 39.8 Å². The monoisotopic (exact) mass is 180 g/mol. The highest BCUT2D eigenvalue weighted by Gasteiger charge is 2.25. The van der Waals surface area contributed by atoms with Gasteiger partial charge in [-0.25, -0.2) is 0 Å². The molecule has 13 heavy (non-hydrogen) atoms. The van der Waals surface area contributed by atoms with E-state index in [2.05, 4.69) is 15.4 Å². The van der Waals surface area contributed by atoms with Crippen LogP contribution in [-0.2, 0) is 0 Å². The van der Waals surface area contributed by atoms with Gasteiger partial charge in [0.2, 0.25) is 0 Å². The van der Waals surface area contributed by atoms with Gasteiger partial charge in [-0.3, -0.25) is 4.79 Å². The normalized spacial score (nSPS) is 15.8. The van der Waals surface area contributed by atoms with Gasteiger partial charge in [0.25, 0.3) is 5.91 Å². The largest absolute Gasteiger partial charge is 0.340 e. The molecule has 0 unspecified atom stereocenters. The number of carbonyl (C=O) groups excluding carboxylic acids is 1. The zero-order chi connectivity index (χ0) is 9.26. The second-order valence-corrected chi connectivity index (χ2v) is 3.48. The molecular weight excluding hydrogens is 168 g/mol. The molecule has 70 valence electrons. The number of rotatable bonds is 3. The molecule has 0 atom stereocenters. The molecule has 0 saturated heterocycles. The van der Waals surface area contributed by atoms with Gasteiger partial charge >= 0.3 is 0 Å². The minimum absolute atomic E-state index is 0.0550. The second kappa shape index (κ2) is 3.16. The maximum absolute atomic E-state index is 11.6. The fraction of sp³-hybridized carbons (Fsp3) is 0.625. The molecule has 2 rings (SSSR count). The topological polar surface area (TPSA) is 61.9 Å². The molecule has 0 spiro atoms. The van der Waals surface area contributed by atoms with E-state index in [0.29, 0.717) is 11.6 Å². The van der Waals surface area contributed by atoms with Crippen molar-refractivity contribution >= 4 is 5.91 Å². The van der Waals surface area contributed by atoms with Gasteiger partial charge in [-0.05, 0) is 18.8 Å². The minimum atomic E-state index is -0.0550. The third kappa shape index (κ3) is 1.85. The third-order valence-corrected chi connectivity index (χ3v) is 2.21. The maximum atomic E-state index is 11.6. The molecule has 1 aromatic rings. The molecule has 0 aliphatic heterocycles. The summed E-state index contributed by atoms with van der Waals surface area (Å²) < 4.78 is 0. The Kier molecular flexibility index (Phi) is 2.00. The van der Waals surface area contributed by atoms with Crippen molar-refractivity contribution in [2.24, 2.45) is 5.92 Å². The fourth-order valence-corrected chi connectivity index (χ4v) is 1.27. The smallest absolute Gasteiger partial charge is 0.275 e. The Bertz CT molecular complexity index is 291. The van der Waals surface area contributed by atoms with Crippen LogP contribution < -0.4 is 0 Å². The number of aromatic amines is 1. The Morgan fingerprint density at radius 2 is 2.54 bits per heavy atom. The van der Waals surface area contributed by atoms with Crippen LogP contribution in [0.4, 0.5) is 0 Å². The van der Waals surface area contributed by atoms with Crippen molar-refractivity contribution in [3.8, 4) is 0 Å². The molecule has 5 heteroatoms. The lowest BCUT2D eigenvalue weighted by molar-refractivity contribution is 0.0783. The number of hydrogen-bond donors (Lipinski definition) is 1. The molecular formula is C8H12N4O. The van der Waals surface area contributed by atoms with Crippen molar-refractivity contribution in [1.82, 2.24) is 20.3 Å². The zero-order valence-electron chi connectivity index (χ0n) is 7.53. The predicted molar refractivity (Wildman–Crippen MR) is 46.1 cm³/mol. The number of carbonyl (C=O) groups is 1. The van der Waals surface area contributed by atoms with Crippen LogP contribution in [0.15, 0.2) is 6.20 Å². The molecule has 1 aromatic heterocycles. The average Bonchev–Trinajstić information content (AvgIpc) is 2.78. The number of H-pyrrole nitrogens is 1. The van der Waals surface area contributed by atoms with Gasteiger partial charge in [-0.15, -0.1) is 0 Å². The van der Waals surface area contributed by atoms with Gasteiger partial charge in [0.1, 0.15) is 0 Å². The molecule has 0 bridgehead atoms. The van der Waals surface area contributed by atoms with Gasteiger partial charge in [0, 0.05) is 13.6 Å². The molecule has 0 radical (unpaired) electrons. The first kappa shape index (κ1) is 8.22. The fourth-order valence-electron chi connectivity index (χ4n) is 1.27. The summed E-state index contributed by atoms with van der Waals surface area (Å²) >= 11 is 0. The number of amides is 1.